The third-order valence-corrected chi connectivity index (χ3v) is 4.17. The van der Waals surface area contributed by atoms with E-state index in [1.807, 2.05) is 0 Å². The predicted octanol–water partition coefficient (Wildman–Crippen LogP) is 3.30. The summed E-state index contributed by atoms with van der Waals surface area (Å²) in [4.78, 5) is 2.36. The molecule has 1 unspecified atom stereocenters. The molecule has 1 heterocycles. The van der Waals surface area contributed by atoms with E-state index in [1.165, 1.54) is 6.07 Å². The molecule has 1 aromatic carbocycles. The fourth-order valence-corrected chi connectivity index (χ4v) is 2.91. The average Bonchev–Trinajstić information content (AvgIpc) is 2.59. The molecule has 2 rings (SSSR count). The van der Waals surface area contributed by atoms with Crippen molar-refractivity contribution in [1.82, 2.24) is 10.2 Å². The van der Waals surface area contributed by atoms with Crippen LogP contribution >= 0.6 is 11.6 Å². The van der Waals surface area contributed by atoms with Crippen LogP contribution in [-0.4, -0.2) is 30.6 Å². The Labute approximate surface area is 119 Å². The smallest absolute Gasteiger partial charge is 0.129 e. The fourth-order valence-electron chi connectivity index (χ4n) is 2.69. The summed E-state index contributed by atoms with van der Waals surface area (Å²) in [5.41, 5.74) is 0.622. The van der Waals surface area contributed by atoms with Crippen LogP contribution < -0.4 is 5.32 Å². The van der Waals surface area contributed by atoms with Crippen LogP contribution in [-0.2, 0) is 6.54 Å². The highest BCUT2D eigenvalue weighted by Crippen LogP contribution is 2.23. The Morgan fingerprint density at radius 2 is 2.26 bits per heavy atom. The Morgan fingerprint density at radius 1 is 1.47 bits per heavy atom. The van der Waals surface area contributed by atoms with Crippen molar-refractivity contribution in [2.45, 2.75) is 32.9 Å². The number of hydrogen-bond donors (Lipinski definition) is 1. The number of rotatable bonds is 3. The number of hydrogen-bond acceptors (Lipinski definition) is 2. The standard InChI is InChI=1S/C15H22ClFN2/c1-11(2)15-9-18-7-4-8-19(15)10-12-13(16)5-3-6-14(12)17/h3,5-6,11,15,18H,4,7-10H2,1-2H3. The van der Waals surface area contributed by atoms with Crippen LogP contribution in [0.1, 0.15) is 25.8 Å². The largest absolute Gasteiger partial charge is 0.315 e. The van der Waals surface area contributed by atoms with E-state index in [1.54, 1.807) is 12.1 Å². The highest BCUT2D eigenvalue weighted by atomic mass is 35.5. The lowest BCUT2D eigenvalue weighted by Crippen LogP contribution is -2.43. The summed E-state index contributed by atoms with van der Waals surface area (Å²) < 4.78 is 13.9. The van der Waals surface area contributed by atoms with Gasteiger partial charge in [0, 0.05) is 36.3 Å². The molecule has 0 aromatic heterocycles. The topological polar surface area (TPSA) is 15.3 Å². The molecule has 2 nitrogen and oxygen atoms in total. The molecular formula is C15H22ClFN2. The average molecular weight is 285 g/mol. The van der Waals surface area contributed by atoms with Gasteiger partial charge < -0.3 is 5.32 Å². The maximum Gasteiger partial charge on any atom is 0.129 e. The Morgan fingerprint density at radius 3 is 2.95 bits per heavy atom. The summed E-state index contributed by atoms with van der Waals surface area (Å²) in [6.07, 6.45) is 1.09. The monoisotopic (exact) mass is 284 g/mol. The highest BCUT2D eigenvalue weighted by Gasteiger charge is 2.25. The number of benzene rings is 1. The molecular weight excluding hydrogens is 263 g/mol. The van der Waals surface area contributed by atoms with E-state index >= 15 is 0 Å². The molecule has 0 saturated carbocycles. The summed E-state index contributed by atoms with van der Waals surface area (Å²) >= 11 is 6.13. The molecule has 19 heavy (non-hydrogen) atoms. The van der Waals surface area contributed by atoms with Gasteiger partial charge in [-0.15, -0.1) is 0 Å². The lowest BCUT2D eigenvalue weighted by atomic mass is 10.0. The van der Waals surface area contributed by atoms with E-state index in [0.29, 0.717) is 29.1 Å². The molecule has 0 radical (unpaired) electrons. The van der Waals surface area contributed by atoms with Crippen LogP contribution in [0, 0.1) is 11.7 Å². The van der Waals surface area contributed by atoms with Gasteiger partial charge in [0.2, 0.25) is 0 Å². The maximum atomic E-state index is 13.9. The molecule has 1 aromatic rings. The minimum Gasteiger partial charge on any atom is -0.315 e. The minimum absolute atomic E-state index is 0.202. The molecule has 0 bridgehead atoms. The Balaban J connectivity index is 2.18. The van der Waals surface area contributed by atoms with E-state index in [9.17, 15) is 4.39 Å². The van der Waals surface area contributed by atoms with Gasteiger partial charge in [0.15, 0.2) is 0 Å². The van der Waals surface area contributed by atoms with Crippen molar-refractivity contribution in [3.8, 4) is 0 Å². The first-order valence-corrected chi connectivity index (χ1v) is 7.35. The van der Waals surface area contributed by atoms with Gasteiger partial charge in [-0.2, -0.15) is 0 Å². The quantitative estimate of drug-likeness (QED) is 0.916. The Bertz CT molecular complexity index is 402. The van der Waals surface area contributed by atoms with Gasteiger partial charge in [-0.3, -0.25) is 4.90 Å². The first-order valence-electron chi connectivity index (χ1n) is 6.97. The van der Waals surface area contributed by atoms with Gasteiger partial charge in [-0.05, 0) is 31.0 Å². The first-order chi connectivity index (χ1) is 9.09. The zero-order valence-electron chi connectivity index (χ0n) is 11.6. The Hall–Kier alpha value is -0.640. The highest BCUT2D eigenvalue weighted by molar-refractivity contribution is 6.31. The summed E-state index contributed by atoms with van der Waals surface area (Å²) in [6.45, 7) is 8.01. The summed E-state index contributed by atoms with van der Waals surface area (Å²) in [5.74, 6) is 0.336. The van der Waals surface area contributed by atoms with Gasteiger partial charge in [0.1, 0.15) is 5.82 Å². The Kier molecular flexibility index (Phi) is 5.20. The SMILES string of the molecule is CC(C)C1CNCCCN1Cc1c(F)cccc1Cl. The number of nitrogens with one attached hydrogen (secondary N) is 1. The molecule has 1 aliphatic rings. The van der Waals surface area contributed by atoms with E-state index in [-0.39, 0.29) is 5.82 Å². The molecule has 1 N–H and O–H groups in total. The zero-order chi connectivity index (χ0) is 13.8. The summed E-state index contributed by atoms with van der Waals surface area (Å²) in [6, 6.07) is 5.34. The van der Waals surface area contributed by atoms with Crippen LogP contribution in [0.25, 0.3) is 0 Å². The number of nitrogens with zero attached hydrogens (tertiary/aromatic N) is 1. The second-order valence-electron chi connectivity index (χ2n) is 5.54. The first kappa shape index (κ1) is 14.8. The van der Waals surface area contributed by atoms with Crippen LogP contribution in [0.3, 0.4) is 0 Å². The van der Waals surface area contributed by atoms with Crippen molar-refractivity contribution < 1.29 is 4.39 Å². The van der Waals surface area contributed by atoms with Gasteiger partial charge in [-0.1, -0.05) is 31.5 Å². The summed E-state index contributed by atoms with van der Waals surface area (Å²) in [5, 5.41) is 3.98. The van der Waals surface area contributed by atoms with Crippen molar-refractivity contribution in [2.75, 3.05) is 19.6 Å². The molecule has 0 amide bonds. The van der Waals surface area contributed by atoms with E-state index < -0.39 is 0 Å². The van der Waals surface area contributed by atoms with Gasteiger partial charge in [0.25, 0.3) is 0 Å². The summed E-state index contributed by atoms with van der Waals surface area (Å²) in [7, 11) is 0. The normalized spacial score (nSPS) is 21.6. The van der Waals surface area contributed by atoms with E-state index in [4.69, 9.17) is 11.6 Å². The van der Waals surface area contributed by atoms with E-state index in [0.717, 1.165) is 26.1 Å². The lowest BCUT2D eigenvalue weighted by Gasteiger charge is -2.32. The molecule has 0 aliphatic carbocycles. The van der Waals surface area contributed by atoms with Crippen molar-refractivity contribution in [1.29, 1.82) is 0 Å². The van der Waals surface area contributed by atoms with Crippen molar-refractivity contribution in [3.05, 3.63) is 34.6 Å². The van der Waals surface area contributed by atoms with Crippen LogP contribution in [0.5, 0.6) is 0 Å². The van der Waals surface area contributed by atoms with Crippen LogP contribution in [0.15, 0.2) is 18.2 Å². The minimum atomic E-state index is -0.202. The molecule has 1 fully saturated rings. The lowest BCUT2D eigenvalue weighted by molar-refractivity contribution is 0.157. The zero-order valence-corrected chi connectivity index (χ0v) is 12.4. The second-order valence-corrected chi connectivity index (χ2v) is 5.95. The van der Waals surface area contributed by atoms with Crippen molar-refractivity contribution in [2.24, 2.45) is 5.92 Å². The second kappa shape index (κ2) is 6.69. The van der Waals surface area contributed by atoms with Crippen LogP contribution in [0.4, 0.5) is 4.39 Å². The van der Waals surface area contributed by atoms with Gasteiger partial charge >= 0.3 is 0 Å². The van der Waals surface area contributed by atoms with Crippen molar-refractivity contribution >= 4 is 11.6 Å². The molecule has 106 valence electrons. The van der Waals surface area contributed by atoms with Gasteiger partial charge in [0.05, 0.1) is 0 Å². The third kappa shape index (κ3) is 3.68. The van der Waals surface area contributed by atoms with Crippen molar-refractivity contribution in [3.63, 3.8) is 0 Å². The third-order valence-electron chi connectivity index (χ3n) is 3.81. The van der Waals surface area contributed by atoms with Gasteiger partial charge in [-0.25, -0.2) is 4.39 Å². The molecule has 1 atom stereocenters. The fraction of sp³-hybridized carbons (Fsp3) is 0.600. The van der Waals surface area contributed by atoms with E-state index in [2.05, 4.69) is 24.1 Å². The molecule has 4 heteroatoms. The number of halogens is 2. The van der Waals surface area contributed by atoms with Crippen LogP contribution in [0.2, 0.25) is 5.02 Å². The molecule has 1 saturated heterocycles. The predicted molar refractivity (Wildman–Crippen MR) is 77.9 cm³/mol. The maximum absolute atomic E-state index is 13.9. The molecule has 1 aliphatic heterocycles. The molecule has 0 spiro atoms.